The summed E-state index contributed by atoms with van der Waals surface area (Å²) in [7, 11) is 0. The molecule has 0 unspecified atom stereocenters. The summed E-state index contributed by atoms with van der Waals surface area (Å²) in [6.07, 6.45) is 1.72. The number of rotatable bonds is 4. The van der Waals surface area contributed by atoms with E-state index in [1.54, 1.807) is 18.3 Å². The molecule has 0 fully saturated rings. The SMILES string of the molecule is NC(=O)c1cc(-c2cnc(Nc3ccccc3)s2)ccc1O. The van der Waals surface area contributed by atoms with Crippen LogP contribution in [0.2, 0.25) is 0 Å². The number of hydrogen-bond donors (Lipinski definition) is 3. The lowest BCUT2D eigenvalue weighted by Gasteiger charge is -2.03. The molecule has 3 aromatic rings. The van der Waals surface area contributed by atoms with Crippen LogP contribution in [0.1, 0.15) is 10.4 Å². The highest BCUT2D eigenvalue weighted by Gasteiger charge is 2.11. The zero-order valence-corrected chi connectivity index (χ0v) is 12.3. The van der Waals surface area contributed by atoms with Crippen molar-refractivity contribution < 1.29 is 9.90 Å². The van der Waals surface area contributed by atoms with E-state index in [4.69, 9.17) is 5.73 Å². The summed E-state index contributed by atoms with van der Waals surface area (Å²) in [4.78, 5) is 16.5. The van der Waals surface area contributed by atoms with E-state index in [9.17, 15) is 9.90 Å². The van der Waals surface area contributed by atoms with E-state index in [0.717, 1.165) is 21.3 Å². The minimum atomic E-state index is -0.661. The Bertz CT molecular complexity index is 815. The number of carbonyl (C=O) groups excluding carboxylic acids is 1. The third-order valence-corrected chi connectivity index (χ3v) is 4.04. The van der Waals surface area contributed by atoms with Crippen LogP contribution in [0.5, 0.6) is 5.75 Å². The second-order valence-electron chi connectivity index (χ2n) is 4.62. The standard InChI is InChI=1S/C16H13N3O2S/c17-15(21)12-8-10(6-7-13(12)20)14-9-18-16(22-14)19-11-4-2-1-3-5-11/h1-9,20H,(H2,17,21)(H,18,19). The Kier molecular flexibility index (Phi) is 3.76. The minimum absolute atomic E-state index is 0.100. The smallest absolute Gasteiger partial charge is 0.252 e. The maximum absolute atomic E-state index is 11.3. The molecule has 0 bridgehead atoms. The molecule has 1 amide bonds. The predicted octanol–water partition coefficient (Wildman–Crippen LogP) is 3.36. The molecule has 0 radical (unpaired) electrons. The van der Waals surface area contributed by atoms with Crippen LogP contribution in [-0.2, 0) is 0 Å². The first kappa shape index (κ1) is 14.1. The molecule has 0 aliphatic rings. The summed E-state index contributed by atoms with van der Waals surface area (Å²) in [5, 5.41) is 13.6. The zero-order chi connectivity index (χ0) is 15.5. The summed E-state index contributed by atoms with van der Waals surface area (Å²) in [6.45, 7) is 0. The monoisotopic (exact) mass is 311 g/mol. The lowest BCUT2D eigenvalue weighted by Crippen LogP contribution is -2.11. The van der Waals surface area contributed by atoms with Gasteiger partial charge in [-0.1, -0.05) is 29.5 Å². The van der Waals surface area contributed by atoms with Gasteiger partial charge >= 0.3 is 0 Å². The first-order valence-corrected chi connectivity index (χ1v) is 7.36. The number of amides is 1. The van der Waals surface area contributed by atoms with E-state index < -0.39 is 5.91 Å². The highest BCUT2D eigenvalue weighted by Crippen LogP contribution is 2.32. The van der Waals surface area contributed by atoms with Crippen molar-refractivity contribution in [2.75, 3.05) is 5.32 Å². The predicted molar refractivity (Wildman–Crippen MR) is 87.5 cm³/mol. The van der Waals surface area contributed by atoms with Crippen molar-refractivity contribution in [2.45, 2.75) is 0 Å². The van der Waals surface area contributed by atoms with Gasteiger partial charge in [0.05, 0.1) is 10.4 Å². The lowest BCUT2D eigenvalue weighted by atomic mass is 10.1. The maximum Gasteiger partial charge on any atom is 0.252 e. The van der Waals surface area contributed by atoms with Crippen LogP contribution >= 0.6 is 11.3 Å². The van der Waals surface area contributed by atoms with Crippen molar-refractivity contribution in [3.05, 3.63) is 60.3 Å². The van der Waals surface area contributed by atoms with Gasteiger partial charge in [-0.3, -0.25) is 4.79 Å². The van der Waals surface area contributed by atoms with Gasteiger partial charge < -0.3 is 16.2 Å². The van der Waals surface area contributed by atoms with Crippen LogP contribution < -0.4 is 11.1 Å². The number of aromatic hydroxyl groups is 1. The Hall–Kier alpha value is -2.86. The van der Waals surface area contributed by atoms with Gasteiger partial charge in [0, 0.05) is 11.9 Å². The van der Waals surface area contributed by atoms with Gasteiger partial charge in [0.25, 0.3) is 5.91 Å². The summed E-state index contributed by atoms with van der Waals surface area (Å²) >= 11 is 1.45. The number of nitrogens with one attached hydrogen (secondary N) is 1. The van der Waals surface area contributed by atoms with E-state index in [1.807, 2.05) is 30.3 Å². The third-order valence-electron chi connectivity index (χ3n) is 3.08. The van der Waals surface area contributed by atoms with Gasteiger partial charge in [0.1, 0.15) is 5.75 Å². The van der Waals surface area contributed by atoms with E-state index in [0.29, 0.717) is 0 Å². The third kappa shape index (κ3) is 2.91. The second-order valence-corrected chi connectivity index (χ2v) is 5.65. The minimum Gasteiger partial charge on any atom is -0.507 e. The Balaban J connectivity index is 1.88. The summed E-state index contributed by atoms with van der Waals surface area (Å²) in [5.41, 5.74) is 7.08. The van der Waals surface area contributed by atoms with Crippen LogP contribution in [0, 0.1) is 0 Å². The fraction of sp³-hybridized carbons (Fsp3) is 0. The number of phenols is 1. The van der Waals surface area contributed by atoms with Crippen LogP contribution in [0.4, 0.5) is 10.8 Å². The number of primary amides is 1. The molecule has 0 aliphatic carbocycles. The molecule has 0 aliphatic heterocycles. The molecule has 0 saturated heterocycles. The van der Waals surface area contributed by atoms with Gasteiger partial charge in [-0.05, 0) is 35.9 Å². The van der Waals surface area contributed by atoms with Gasteiger partial charge in [-0.2, -0.15) is 0 Å². The molecule has 0 spiro atoms. The van der Waals surface area contributed by atoms with Crippen molar-refractivity contribution in [1.82, 2.24) is 4.98 Å². The maximum atomic E-state index is 11.3. The number of nitrogens with two attached hydrogens (primary N) is 1. The van der Waals surface area contributed by atoms with Crippen molar-refractivity contribution >= 4 is 28.1 Å². The molecule has 1 aromatic heterocycles. The van der Waals surface area contributed by atoms with Crippen LogP contribution in [-0.4, -0.2) is 16.0 Å². The molecule has 0 saturated carbocycles. The van der Waals surface area contributed by atoms with Gasteiger partial charge in [-0.25, -0.2) is 4.98 Å². The number of para-hydroxylation sites is 1. The molecular formula is C16H13N3O2S. The largest absolute Gasteiger partial charge is 0.507 e. The van der Waals surface area contributed by atoms with Gasteiger partial charge in [-0.15, -0.1) is 0 Å². The molecule has 2 aromatic carbocycles. The van der Waals surface area contributed by atoms with Crippen molar-refractivity contribution in [2.24, 2.45) is 5.73 Å². The molecule has 22 heavy (non-hydrogen) atoms. The van der Waals surface area contributed by atoms with Crippen LogP contribution in [0.25, 0.3) is 10.4 Å². The van der Waals surface area contributed by atoms with Crippen molar-refractivity contribution in [3.8, 4) is 16.2 Å². The molecule has 0 atom stereocenters. The number of carbonyl (C=O) groups is 1. The normalized spacial score (nSPS) is 10.4. The van der Waals surface area contributed by atoms with Gasteiger partial charge in [0.15, 0.2) is 5.13 Å². The Labute approximate surface area is 131 Å². The molecular weight excluding hydrogens is 298 g/mol. The Morgan fingerprint density at radius 1 is 1.18 bits per heavy atom. The fourth-order valence-electron chi connectivity index (χ4n) is 2.00. The van der Waals surface area contributed by atoms with Crippen LogP contribution in [0.3, 0.4) is 0 Å². The van der Waals surface area contributed by atoms with Gasteiger partial charge in [0.2, 0.25) is 0 Å². The van der Waals surface area contributed by atoms with Crippen LogP contribution in [0.15, 0.2) is 54.7 Å². The molecule has 110 valence electrons. The second kappa shape index (κ2) is 5.87. The Morgan fingerprint density at radius 2 is 1.95 bits per heavy atom. The first-order chi connectivity index (χ1) is 10.6. The van der Waals surface area contributed by atoms with E-state index in [-0.39, 0.29) is 11.3 Å². The molecule has 5 nitrogen and oxygen atoms in total. The Morgan fingerprint density at radius 3 is 2.68 bits per heavy atom. The molecule has 1 heterocycles. The number of benzene rings is 2. The quantitative estimate of drug-likeness (QED) is 0.689. The summed E-state index contributed by atoms with van der Waals surface area (Å²) in [6, 6.07) is 14.5. The number of anilines is 2. The van der Waals surface area contributed by atoms with Crippen molar-refractivity contribution in [3.63, 3.8) is 0 Å². The lowest BCUT2D eigenvalue weighted by molar-refractivity contribution is 0.0998. The summed E-state index contributed by atoms with van der Waals surface area (Å²) < 4.78 is 0. The number of hydrogen-bond acceptors (Lipinski definition) is 5. The summed E-state index contributed by atoms with van der Waals surface area (Å²) in [5.74, 6) is -0.783. The average Bonchev–Trinajstić information content (AvgIpc) is 2.97. The van der Waals surface area contributed by atoms with Crippen molar-refractivity contribution in [1.29, 1.82) is 0 Å². The highest BCUT2D eigenvalue weighted by molar-refractivity contribution is 7.18. The fourth-order valence-corrected chi connectivity index (χ4v) is 2.83. The molecule has 3 rings (SSSR count). The average molecular weight is 311 g/mol. The highest BCUT2D eigenvalue weighted by atomic mass is 32.1. The zero-order valence-electron chi connectivity index (χ0n) is 11.5. The van der Waals surface area contributed by atoms with E-state index in [2.05, 4.69) is 10.3 Å². The molecule has 6 heteroatoms. The van der Waals surface area contributed by atoms with E-state index in [1.165, 1.54) is 17.4 Å². The number of aromatic nitrogens is 1. The van der Waals surface area contributed by atoms with E-state index >= 15 is 0 Å². The number of thiazole rings is 1. The topological polar surface area (TPSA) is 88.2 Å². The molecule has 4 N–H and O–H groups in total. The first-order valence-electron chi connectivity index (χ1n) is 6.54. The number of nitrogens with zero attached hydrogens (tertiary/aromatic N) is 1.